The van der Waals surface area contributed by atoms with E-state index in [0.717, 1.165) is 25.0 Å². The molecule has 0 bridgehead atoms. The number of carbonyl (C=O) groups is 1. The van der Waals surface area contributed by atoms with Crippen LogP contribution in [0.5, 0.6) is 0 Å². The van der Waals surface area contributed by atoms with Crippen LogP contribution in [-0.2, 0) is 5.41 Å². The Balaban J connectivity index is 1.61. The third-order valence-corrected chi connectivity index (χ3v) is 6.56. The number of nitrogens with zero attached hydrogens (tertiary/aromatic N) is 3. The molecule has 1 aromatic carbocycles. The second kappa shape index (κ2) is 7.16. The molecule has 8 heteroatoms. The maximum atomic E-state index is 15.2. The minimum atomic E-state index is -1.30. The number of halogens is 1. The van der Waals surface area contributed by atoms with Crippen LogP contribution in [0.4, 0.5) is 10.1 Å². The molecule has 1 atom stereocenters. The highest BCUT2D eigenvalue weighted by atomic mass is 19.1. The van der Waals surface area contributed by atoms with Crippen molar-refractivity contribution in [1.29, 1.82) is 0 Å². The van der Waals surface area contributed by atoms with E-state index in [9.17, 15) is 14.7 Å². The largest absolute Gasteiger partial charge is 0.477 e. The Kier molecular flexibility index (Phi) is 4.55. The first-order chi connectivity index (χ1) is 14.9. The first kappa shape index (κ1) is 19.7. The number of carboxylic acids is 1. The number of anilines is 1. The quantitative estimate of drug-likeness (QED) is 0.656. The molecule has 1 unspecified atom stereocenters. The van der Waals surface area contributed by atoms with Crippen molar-refractivity contribution in [3.63, 3.8) is 0 Å². The third-order valence-electron chi connectivity index (χ3n) is 6.56. The summed E-state index contributed by atoms with van der Waals surface area (Å²) in [4.78, 5) is 30.6. The zero-order valence-corrected chi connectivity index (χ0v) is 16.9. The van der Waals surface area contributed by atoms with Crippen LogP contribution in [0.25, 0.3) is 10.9 Å². The van der Waals surface area contributed by atoms with Crippen molar-refractivity contribution < 1.29 is 14.3 Å². The van der Waals surface area contributed by atoms with Crippen LogP contribution in [-0.4, -0.2) is 40.3 Å². The molecule has 5 rings (SSSR count). The molecule has 2 aliphatic rings. The van der Waals surface area contributed by atoms with Crippen LogP contribution in [0.15, 0.2) is 47.5 Å². The van der Waals surface area contributed by atoms with Crippen LogP contribution < -0.4 is 16.1 Å². The first-order valence-electron chi connectivity index (χ1n) is 10.4. The SMILES string of the molecule is NCC1(c2ccccn2)CCN(c2cc3c(cc2F)c(=O)c(C(=O)O)cn3C2CC2)C1. The average molecular weight is 422 g/mol. The fourth-order valence-electron chi connectivity index (χ4n) is 4.64. The van der Waals surface area contributed by atoms with E-state index in [0.29, 0.717) is 30.8 Å². The van der Waals surface area contributed by atoms with Gasteiger partial charge in [-0.25, -0.2) is 9.18 Å². The summed E-state index contributed by atoms with van der Waals surface area (Å²) in [5, 5.41) is 9.51. The summed E-state index contributed by atoms with van der Waals surface area (Å²) in [6.07, 6.45) is 5.69. The van der Waals surface area contributed by atoms with Gasteiger partial charge in [-0.1, -0.05) is 6.07 Å². The Hall–Kier alpha value is -3.26. The van der Waals surface area contributed by atoms with Gasteiger partial charge >= 0.3 is 5.97 Å². The van der Waals surface area contributed by atoms with Gasteiger partial charge in [-0.15, -0.1) is 0 Å². The number of benzene rings is 1. The van der Waals surface area contributed by atoms with Crippen LogP contribution >= 0.6 is 0 Å². The maximum absolute atomic E-state index is 15.2. The molecular formula is C23H23FN4O3. The highest BCUT2D eigenvalue weighted by molar-refractivity contribution is 5.93. The summed E-state index contributed by atoms with van der Waals surface area (Å²) in [6.45, 7) is 1.52. The number of nitrogens with two attached hydrogens (primary N) is 1. The summed E-state index contributed by atoms with van der Waals surface area (Å²) in [6, 6.07) is 8.72. The van der Waals surface area contributed by atoms with Crippen molar-refractivity contribution in [2.45, 2.75) is 30.7 Å². The van der Waals surface area contributed by atoms with Gasteiger partial charge in [-0.2, -0.15) is 0 Å². The van der Waals surface area contributed by atoms with Crippen LogP contribution in [0.2, 0.25) is 0 Å². The number of fused-ring (bicyclic) bond motifs is 1. The molecular weight excluding hydrogens is 399 g/mol. The number of rotatable bonds is 5. The van der Waals surface area contributed by atoms with Crippen molar-refractivity contribution in [1.82, 2.24) is 9.55 Å². The normalized spacial score (nSPS) is 21.0. The van der Waals surface area contributed by atoms with E-state index in [1.165, 1.54) is 12.3 Å². The fourth-order valence-corrected chi connectivity index (χ4v) is 4.64. The Labute approximate surface area is 177 Å². The van der Waals surface area contributed by atoms with Crippen LogP contribution in [0.1, 0.15) is 41.4 Å². The molecule has 3 aromatic rings. The zero-order valence-electron chi connectivity index (χ0n) is 16.9. The maximum Gasteiger partial charge on any atom is 0.341 e. The monoisotopic (exact) mass is 422 g/mol. The van der Waals surface area contributed by atoms with Gasteiger partial charge in [0, 0.05) is 54.6 Å². The summed E-state index contributed by atoms with van der Waals surface area (Å²) < 4.78 is 17.0. The highest BCUT2D eigenvalue weighted by Gasteiger charge is 2.40. The number of pyridine rings is 2. The summed E-state index contributed by atoms with van der Waals surface area (Å²) in [5.41, 5.74) is 6.65. The van der Waals surface area contributed by atoms with Crippen molar-refractivity contribution in [2.75, 3.05) is 24.5 Å². The smallest absolute Gasteiger partial charge is 0.341 e. The standard InChI is InChI=1S/C23H23FN4O3/c24-17-9-15-18(28(14-4-5-14)11-16(21(15)29)22(30)31)10-19(17)27-8-6-23(12-25,13-27)20-3-1-2-7-26-20/h1-3,7,9-11,14H,4-6,8,12-13,25H2,(H,30,31). The number of aromatic carboxylic acids is 1. The van der Waals surface area contributed by atoms with E-state index in [1.807, 2.05) is 27.7 Å². The number of hydrogen-bond donors (Lipinski definition) is 2. The van der Waals surface area contributed by atoms with Crippen LogP contribution in [0, 0.1) is 5.82 Å². The van der Waals surface area contributed by atoms with Crippen molar-refractivity contribution in [3.05, 3.63) is 70.0 Å². The number of carboxylic acid groups (broad SMARTS) is 1. The first-order valence-corrected chi connectivity index (χ1v) is 10.4. The van der Waals surface area contributed by atoms with Gasteiger partial charge in [-0.05, 0) is 43.5 Å². The van der Waals surface area contributed by atoms with Gasteiger partial charge in [0.05, 0.1) is 11.2 Å². The van der Waals surface area contributed by atoms with E-state index >= 15 is 4.39 Å². The van der Waals surface area contributed by atoms with E-state index in [2.05, 4.69) is 4.98 Å². The molecule has 2 aromatic heterocycles. The van der Waals surface area contributed by atoms with Crippen molar-refractivity contribution in [3.8, 4) is 0 Å². The minimum absolute atomic E-state index is 0.0991. The lowest BCUT2D eigenvalue weighted by molar-refractivity contribution is 0.0695. The summed E-state index contributed by atoms with van der Waals surface area (Å²) in [5.74, 6) is -1.84. The molecule has 1 saturated carbocycles. The van der Waals surface area contributed by atoms with Gasteiger partial charge in [0.2, 0.25) is 5.43 Å². The lowest BCUT2D eigenvalue weighted by atomic mass is 9.83. The van der Waals surface area contributed by atoms with E-state index in [1.54, 1.807) is 12.3 Å². The van der Waals surface area contributed by atoms with E-state index in [4.69, 9.17) is 5.73 Å². The van der Waals surface area contributed by atoms with E-state index in [-0.39, 0.29) is 22.4 Å². The molecule has 1 aliphatic heterocycles. The number of hydrogen-bond acceptors (Lipinski definition) is 5. The molecule has 7 nitrogen and oxygen atoms in total. The predicted octanol–water partition coefficient (Wildman–Crippen LogP) is 2.68. The Morgan fingerprint density at radius 1 is 1.32 bits per heavy atom. The molecule has 0 radical (unpaired) electrons. The Morgan fingerprint density at radius 2 is 2.13 bits per heavy atom. The highest BCUT2D eigenvalue weighted by Crippen LogP contribution is 2.40. The molecule has 160 valence electrons. The van der Waals surface area contributed by atoms with Crippen LogP contribution in [0.3, 0.4) is 0 Å². The van der Waals surface area contributed by atoms with Crippen molar-refractivity contribution >= 4 is 22.6 Å². The topological polar surface area (TPSA) is 101 Å². The molecule has 1 saturated heterocycles. The van der Waals surface area contributed by atoms with Gasteiger partial charge in [-0.3, -0.25) is 9.78 Å². The Bertz CT molecular complexity index is 1240. The van der Waals surface area contributed by atoms with Gasteiger partial charge in [0.1, 0.15) is 11.4 Å². The molecule has 0 amide bonds. The van der Waals surface area contributed by atoms with Gasteiger partial charge in [0.25, 0.3) is 0 Å². The second-order valence-electron chi connectivity index (χ2n) is 8.51. The molecule has 1 aliphatic carbocycles. The second-order valence-corrected chi connectivity index (χ2v) is 8.51. The Morgan fingerprint density at radius 3 is 2.77 bits per heavy atom. The fraction of sp³-hybridized carbons (Fsp3) is 0.348. The molecule has 2 fully saturated rings. The number of aromatic nitrogens is 2. The van der Waals surface area contributed by atoms with Gasteiger partial charge in [0.15, 0.2) is 0 Å². The lowest BCUT2D eigenvalue weighted by Gasteiger charge is -2.28. The minimum Gasteiger partial charge on any atom is -0.477 e. The zero-order chi connectivity index (χ0) is 21.8. The molecule has 0 spiro atoms. The molecule has 3 heterocycles. The summed E-state index contributed by atoms with van der Waals surface area (Å²) in [7, 11) is 0. The average Bonchev–Trinajstić information content (AvgIpc) is 3.52. The van der Waals surface area contributed by atoms with Gasteiger partial charge < -0.3 is 20.3 Å². The van der Waals surface area contributed by atoms with Crippen molar-refractivity contribution in [2.24, 2.45) is 5.73 Å². The molecule has 3 N–H and O–H groups in total. The predicted molar refractivity (Wildman–Crippen MR) is 115 cm³/mol. The van der Waals surface area contributed by atoms with E-state index < -0.39 is 17.2 Å². The third kappa shape index (κ3) is 3.18. The molecule has 31 heavy (non-hydrogen) atoms. The summed E-state index contributed by atoms with van der Waals surface area (Å²) >= 11 is 0. The lowest BCUT2D eigenvalue weighted by Crippen LogP contribution is -2.39.